The van der Waals surface area contributed by atoms with Crippen LogP contribution in [-0.2, 0) is 0 Å². The van der Waals surface area contributed by atoms with Crippen LogP contribution in [0, 0.1) is 20.8 Å². The van der Waals surface area contributed by atoms with Crippen LogP contribution in [0.4, 0.5) is 0 Å². The quantitative estimate of drug-likeness (QED) is 0.802. The van der Waals surface area contributed by atoms with Gasteiger partial charge in [0.15, 0.2) is 0 Å². The highest BCUT2D eigenvalue weighted by molar-refractivity contribution is 5.42. The summed E-state index contributed by atoms with van der Waals surface area (Å²) in [5.41, 5.74) is 3.51. The zero-order valence-corrected chi connectivity index (χ0v) is 12.2. The molecule has 3 nitrogen and oxygen atoms in total. The van der Waals surface area contributed by atoms with Crippen LogP contribution in [0.2, 0.25) is 0 Å². The van der Waals surface area contributed by atoms with Crippen LogP contribution in [0.25, 0.3) is 0 Å². The van der Waals surface area contributed by atoms with Crippen molar-refractivity contribution < 1.29 is 15.2 Å². The molecule has 0 spiro atoms. The summed E-state index contributed by atoms with van der Waals surface area (Å²) in [5, 5.41) is 12.0. The molecule has 0 fully saturated rings. The van der Waals surface area contributed by atoms with Crippen molar-refractivity contribution in [3.05, 3.63) is 28.8 Å². The number of ether oxygens (including phenoxy) is 1. The van der Waals surface area contributed by atoms with E-state index in [9.17, 15) is 5.11 Å². The van der Waals surface area contributed by atoms with Gasteiger partial charge in [-0.2, -0.15) is 0 Å². The number of rotatable bonds is 6. The van der Waals surface area contributed by atoms with Gasteiger partial charge in [0.05, 0.1) is 6.04 Å². The molecule has 1 aromatic carbocycles. The van der Waals surface area contributed by atoms with Crippen molar-refractivity contribution in [1.29, 1.82) is 0 Å². The third kappa shape index (κ3) is 4.67. The van der Waals surface area contributed by atoms with Crippen LogP contribution in [0.5, 0.6) is 5.75 Å². The fraction of sp³-hybridized carbons (Fsp3) is 0.600. The van der Waals surface area contributed by atoms with Gasteiger partial charge in [0.1, 0.15) is 25.0 Å². The van der Waals surface area contributed by atoms with Crippen molar-refractivity contribution in [3.8, 4) is 5.75 Å². The number of quaternary nitrogens is 1. The van der Waals surface area contributed by atoms with Gasteiger partial charge in [-0.15, -0.1) is 0 Å². The zero-order chi connectivity index (χ0) is 13.7. The van der Waals surface area contributed by atoms with Crippen LogP contribution in [0.15, 0.2) is 12.1 Å². The first-order valence-electron chi connectivity index (χ1n) is 6.62. The van der Waals surface area contributed by atoms with Crippen molar-refractivity contribution >= 4 is 0 Å². The van der Waals surface area contributed by atoms with Crippen molar-refractivity contribution in [1.82, 2.24) is 0 Å². The van der Waals surface area contributed by atoms with Crippen molar-refractivity contribution in [2.24, 2.45) is 0 Å². The SMILES string of the molecule is Cc1cc(C)c(OCC(O)C[NH2+]C(C)C)c(C)c1. The molecule has 102 valence electrons. The highest BCUT2D eigenvalue weighted by Crippen LogP contribution is 2.24. The largest absolute Gasteiger partial charge is 0.490 e. The maximum atomic E-state index is 9.84. The van der Waals surface area contributed by atoms with E-state index in [1.165, 1.54) is 5.56 Å². The van der Waals surface area contributed by atoms with E-state index in [0.29, 0.717) is 19.2 Å². The standard InChI is InChI=1S/C15H25NO2/c1-10(2)16-8-14(17)9-18-15-12(4)6-11(3)7-13(15)5/h6-7,10,14,16-17H,8-9H2,1-5H3/p+1. The maximum absolute atomic E-state index is 9.84. The molecule has 0 aliphatic carbocycles. The Labute approximate surface area is 110 Å². The van der Waals surface area contributed by atoms with Crippen LogP contribution in [0.3, 0.4) is 0 Å². The van der Waals surface area contributed by atoms with E-state index in [0.717, 1.165) is 16.9 Å². The lowest BCUT2D eigenvalue weighted by atomic mass is 10.1. The molecule has 3 N–H and O–H groups in total. The van der Waals surface area contributed by atoms with Crippen LogP contribution in [0.1, 0.15) is 30.5 Å². The predicted molar refractivity (Wildman–Crippen MR) is 74.1 cm³/mol. The number of aliphatic hydroxyl groups is 1. The molecular formula is C15H26NO2+. The minimum Gasteiger partial charge on any atom is -0.490 e. The summed E-state index contributed by atoms with van der Waals surface area (Å²) in [4.78, 5) is 0. The van der Waals surface area contributed by atoms with Crippen molar-refractivity contribution in [2.45, 2.75) is 46.8 Å². The number of hydrogen-bond acceptors (Lipinski definition) is 2. The Hall–Kier alpha value is -1.06. The Morgan fingerprint density at radius 1 is 1.17 bits per heavy atom. The van der Waals surface area contributed by atoms with Gasteiger partial charge < -0.3 is 15.2 Å². The second-order valence-electron chi connectivity index (χ2n) is 5.41. The zero-order valence-electron chi connectivity index (χ0n) is 12.2. The third-order valence-corrected chi connectivity index (χ3v) is 2.90. The molecule has 0 aromatic heterocycles. The lowest BCUT2D eigenvalue weighted by Gasteiger charge is -2.16. The molecule has 18 heavy (non-hydrogen) atoms. The van der Waals surface area contributed by atoms with Crippen LogP contribution < -0.4 is 10.1 Å². The van der Waals surface area contributed by atoms with E-state index in [2.05, 4.69) is 38.2 Å². The van der Waals surface area contributed by atoms with Gasteiger partial charge in [0.2, 0.25) is 0 Å². The Kier molecular flexibility index (Phi) is 5.63. The molecule has 0 amide bonds. The summed E-state index contributed by atoms with van der Waals surface area (Å²) in [5.74, 6) is 0.907. The molecule has 1 aromatic rings. The average Bonchev–Trinajstić information content (AvgIpc) is 2.24. The van der Waals surface area contributed by atoms with Gasteiger partial charge in [0, 0.05) is 0 Å². The van der Waals surface area contributed by atoms with Crippen LogP contribution in [-0.4, -0.2) is 30.4 Å². The summed E-state index contributed by atoms with van der Waals surface area (Å²) in [6, 6.07) is 4.71. The fourth-order valence-electron chi connectivity index (χ4n) is 2.07. The molecule has 0 bridgehead atoms. The minimum atomic E-state index is -0.424. The predicted octanol–water partition coefficient (Wildman–Crippen LogP) is 1.32. The van der Waals surface area contributed by atoms with Gasteiger partial charge in [-0.1, -0.05) is 17.7 Å². The van der Waals surface area contributed by atoms with E-state index < -0.39 is 6.10 Å². The summed E-state index contributed by atoms with van der Waals surface area (Å²) in [6.07, 6.45) is -0.424. The highest BCUT2D eigenvalue weighted by Gasteiger charge is 2.11. The third-order valence-electron chi connectivity index (χ3n) is 2.90. The van der Waals surface area contributed by atoms with Crippen LogP contribution >= 0.6 is 0 Å². The average molecular weight is 252 g/mol. The second-order valence-corrected chi connectivity index (χ2v) is 5.41. The normalized spacial score (nSPS) is 12.8. The first-order chi connectivity index (χ1) is 8.40. The first kappa shape index (κ1) is 15.0. The monoisotopic (exact) mass is 252 g/mol. The Morgan fingerprint density at radius 2 is 1.72 bits per heavy atom. The second kappa shape index (κ2) is 6.76. The molecule has 0 heterocycles. The number of aryl methyl sites for hydroxylation is 3. The highest BCUT2D eigenvalue weighted by atomic mass is 16.5. The smallest absolute Gasteiger partial charge is 0.137 e. The molecular weight excluding hydrogens is 226 g/mol. The van der Waals surface area contributed by atoms with E-state index in [-0.39, 0.29) is 0 Å². The minimum absolute atomic E-state index is 0.355. The molecule has 1 unspecified atom stereocenters. The summed E-state index contributed by atoms with van der Waals surface area (Å²) in [7, 11) is 0. The number of nitrogens with two attached hydrogens (primary N) is 1. The molecule has 0 saturated heterocycles. The molecule has 0 saturated carbocycles. The van der Waals surface area contributed by atoms with Gasteiger partial charge in [-0.05, 0) is 45.7 Å². The van der Waals surface area contributed by atoms with Gasteiger partial charge in [-0.25, -0.2) is 0 Å². The van der Waals surface area contributed by atoms with E-state index in [4.69, 9.17) is 4.74 Å². The first-order valence-corrected chi connectivity index (χ1v) is 6.62. The van der Waals surface area contributed by atoms with E-state index in [1.54, 1.807) is 0 Å². The lowest BCUT2D eigenvalue weighted by Crippen LogP contribution is -2.90. The topological polar surface area (TPSA) is 46.1 Å². The number of benzene rings is 1. The Bertz CT molecular complexity index is 365. The maximum Gasteiger partial charge on any atom is 0.137 e. The Morgan fingerprint density at radius 3 is 2.22 bits per heavy atom. The van der Waals surface area contributed by atoms with Gasteiger partial charge >= 0.3 is 0 Å². The fourth-order valence-corrected chi connectivity index (χ4v) is 2.07. The summed E-state index contributed by atoms with van der Waals surface area (Å²) in [6.45, 7) is 11.4. The molecule has 0 aliphatic rings. The van der Waals surface area contributed by atoms with E-state index in [1.807, 2.05) is 13.8 Å². The van der Waals surface area contributed by atoms with Gasteiger partial charge in [-0.3, -0.25) is 0 Å². The molecule has 0 radical (unpaired) electrons. The van der Waals surface area contributed by atoms with E-state index >= 15 is 0 Å². The Balaban J connectivity index is 2.53. The summed E-state index contributed by atoms with van der Waals surface area (Å²) >= 11 is 0. The van der Waals surface area contributed by atoms with Crippen molar-refractivity contribution in [3.63, 3.8) is 0 Å². The summed E-state index contributed by atoms with van der Waals surface area (Å²) < 4.78 is 5.75. The molecule has 1 atom stereocenters. The molecule has 3 heteroatoms. The van der Waals surface area contributed by atoms with Gasteiger partial charge in [0.25, 0.3) is 0 Å². The number of hydrogen-bond donors (Lipinski definition) is 2. The lowest BCUT2D eigenvalue weighted by molar-refractivity contribution is -0.688. The molecule has 0 aliphatic heterocycles. The van der Waals surface area contributed by atoms with Crippen molar-refractivity contribution in [2.75, 3.05) is 13.2 Å². The molecule has 1 rings (SSSR count). The number of aliphatic hydroxyl groups excluding tert-OH is 1.